The number of nitrogens with one attached hydrogen (secondary N) is 1. The third-order valence-corrected chi connectivity index (χ3v) is 4.64. The average molecular weight is 258 g/mol. The van der Waals surface area contributed by atoms with Crippen LogP contribution in [0, 0.1) is 5.82 Å². The van der Waals surface area contributed by atoms with Crippen molar-refractivity contribution in [1.29, 1.82) is 0 Å². The summed E-state index contributed by atoms with van der Waals surface area (Å²) in [7, 11) is -3.45. The lowest BCUT2D eigenvalue weighted by Crippen LogP contribution is -2.41. The zero-order chi connectivity index (χ0) is 12.5. The Hall–Kier alpha value is -1.14. The Morgan fingerprint density at radius 3 is 2.82 bits per heavy atom. The highest BCUT2D eigenvalue weighted by Gasteiger charge is 2.31. The second-order valence-electron chi connectivity index (χ2n) is 4.12. The molecule has 1 unspecified atom stereocenters. The maximum Gasteiger partial charge on any atom is 0.236 e. The molecule has 0 aromatic heterocycles. The van der Waals surface area contributed by atoms with E-state index in [1.54, 1.807) is 19.1 Å². The van der Waals surface area contributed by atoms with Crippen LogP contribution in [0.2, 0.25) is 0 Å². The standard InChI is InChI=1S/C11H15FN2O2S/c1-9-8-13-6-7-17(15,16)14(9)11-5-3-2-4-10(11)12/h2-5,9,13H,6-8H2,1H3. The lowest BCUT2D eigenvalue weighted by molar-refractivity contribution is 0.576. The van der Waals surface area contributed by atoms with Crippen LogP contribution in [0.15, 0.2) is 24.3 Å². The van der Waals surface area contributed by atoms with Gasteiger partial charge in [0.25, 0.3) is 0 Å². The van der Waals surface area contributed by atoms with Crippen molar-refractivity contribution < 1.29 is 12.8 Å². The first-order valence-electron chi connectivity index (χ1n) is 5.50. The van der Waals surface area contributed by atoms with E-state index in [-0.39, 0.29) is 17.5 Å². The maximum atomic E-state index is 13.7. The van der Waals surface area contributed by atoms with Crippen LogP contribution in [0.4, 0.5) is 10.1 Å². The van der Waals surface area contributed by atoms with Gasteiger partial charge in [-0.2, -0.15) is 0 Å². The second kappa shape index (κ2) is 4.62. The van der Waals surface area contributed by atoms with Gasteiger partial charge >= 0.3 is 0 Å². The fourth-order valence-corrected chi connectivity index (χ4v) is 3.65. The van der Waals surface area contributed by atoms with E-state index in [2.05, 4.69) is 5.32 Å². The minimum absolute atomic E-state index is 0.00826. The summed E-state index contributed by atoms with van der Waals surface area (Å²) >= 11 is 0. The largest absolute Gasteiger partial charge is 0.314 e. The molecule has 1 saturated heterocycles. The molecule has 1 aromatic carbocycles. The normalized spacial score (nSPS) is 24.4. The molecule has 1 heterocycles. The summed E-state index contributed by atoms with van der Waals surface area (Å²) in [5.74, 6) is -0.518. The van der Waals surface area contributed by atoms with Gasteiger partial charge in [-0.1, -0.05) is 12.1 Å². The number of halogens is 1. The molecule has 17 heavy (non-hydrogen) atoms. The molecular formula is C11H15FN2O2S. The number of sulfonamides is 1. The molecule has 2 rings (SSSR count). The molecular weight excluding hydrogens is 243 g/mol. The molecule has 4 nitrogen and oxygen atoms in total. The van der Waals surface area contributed by atoms with Crippen LogP contribution >= 0.6 is 0 Å². The van der Waals surface area contributed by atoms with Crippen molar-refractivity contribution in [2.75, 3.05) is 23.1 Å². The monoisotopic (exact) mass is 258 g/mol. The first kappa shape index (κ1) is 12.3. The third-order valence-electron chi connectivity index (χ3n) is 2.77. The minimum Gasteiger partial charge on any atom is -0.314 e. The van der Waals surface area contributed by atoms with Crippen molar-refractivity contribution in [1.82, 2.24) is 5.32 Å². The van der Waals surface area contributed by atoms with Gasteiger partial charge in [-0.15, -0.1) is 0 Å². The van der Waals surface area contributed by atoms with Crippen LogP contribution in [0.3, 0.4) is 0 Å². The highest BCUT2D eigenvalue weighted by atomic mass is 32.2. The van der Waals surface area contributed by atoms with E-state index >= 15 is 0 Å². The molecule has 0 aliphatic carbocycles. The molecule has 0 bridgehead atoms. The SMILES string of the molecule is CC1CNCCS(=O)(=O)N1c1ccccc1F. The first-order valence-corrected chi connectivity index (χ1v) is 7.10. The summed E-state index contributed by atoms with van der Waals surface area (Å²) in [4.78, 5) is 0. The van der Waals surface area contributed by atoms with Gasteiger partial charge < -0.3 is 5.32 Å². The van der Waals surface area contributed by atoms with E-state index in [0.29, 0.717) is 13.1 Å². The van der Waals surface area contributed by atoms with Crippen molar-refractivity contribution in [2.24, 2.45) is 0 Å². The molecule has 0 saturated carbocycles. The third kappa shape index (κ3) is 2.42. The van der Waals surface area contributed by atoms with Gasteiger partial charge in [-0.05, 0) is 19.1 Å². The number of hydrogen-bond donors (Lipinski definition) is 1. The lowest BCUT2D eigenvalue weighted by Gasteiger charge is -2.28. The van der Waals surface area contributed by atoms with Crippen LogP contribution in [0.25, 0.3) is 0 Å². The summed E-state index contributed by atoms with van der Waals surface area (Å²) < 4.78 is 39.0. The molecule has 0 spiro atoms. The molecule has 1 atom stereocenters. The lowest BCUT2D eigenvalue weighted by atomic mass is 10.2. The predicted octanol–water partition coefficient (Wildman–Crippen LogP) is 0.954. The number of para-hydroxylation sites is 1. The Labute approximate surface area is 100 Å². The number of nitrogens with zero attached hydrogens (tertiary/aromatic N) is 1. The average Bonchev–Trinajstić information content (AvgIpc) is 2.39. The number of benzene rings is 1. The Morgan fingerprint density at radius 1 is 1.41 bits per heavy atom. The predicted molar refractivity (Wildman–Crippen MR) is 65.0 cm³/mol. The van der Waals surface area contributed by atoms with E-state index in [9.17, 15) is 12.8 Å². The molecule has 94 valence electrons. The van der Waals surface area contributed by atoms with Crippen LogP contribution in [0.1, 0.15) is 6.92 Å². The van der Waals surface area contributed by atoms with Crippen molar-refractivity contribution in [3.63, 3.8) is 0 Å². The van der Waals surface area contributed by atoms with Crippen molar-refractivity contribution >= 4 is 15.7 Å². The summed E-state index contributed by atoms with van der Waals surface area (Å²) in [6, 6.07) is 5.66. The summed E-state index contributed by atoms with van der Waals surface area (Å²) in [5.41, 5.74) is 0.128. The van der Waals surface area contributed by atoms with Gasteiger partial charge in [-0.3, -0.25) is 4.31 Å². The Bertz CT molecular complexity index is 504. The zero-order valence-corrected chi connectivity index (χ0v) is 10.4. The van der Waals surface area contributed by atoms with E-state index < -0.39 is 15.8 Å². The van der Waals surface area contributed by atoms with Gasteiger partial charge in [0, 0.05) is 13.1 Å². The van der Waals surface area contributed by atoms with Crippen molar-refractivity contribution in [3.05, 3.63) is 30.1 Å². The van der Waals surface area contributed by atoms with Gasteiger partial charge in [-0.25, -0.2) is 12.8 Å². The number of hydrogen-bond acceptors (Lipinski definition) is 3. The molecule has 0 radical (unpaired) electrons. The number of anilines is 1. The molecule has 6 heteroatoms. The highest BCUT2D eigenvalue weighted by Crippen LogP contribution is 2.25. The summed E-state index contributed by atoms with van der Waals surface area (Å²) in [5, 5.41) is 3.03. The maximum absolute atomic E-state index is 13.7. The van der Waals surface area contributed by atoms with E-state index in [0.717, 1.165) is 0 Å². The summed E-state index contributed by atoms with van der Waals surface area (Å²) in [6.07, 6.45) is 0. The minimum atomic E-state index is -3.45. The molecule has 1 aromatic rings. The molecule has 1 aliphatic rings. The quantitative estimate of drug-likeness (QED) is 0.816. The molecule has 1 fully saturated rings. The van der Waals surface area contributed by atoms with Gasteiger partial charge in [0.1, 0.15) is 5.82 Å². The first-order chi connectivity index (χ1) is 8.02. The van der Waals surface area contributed by atoms with Crippen LogP contribution in [-0.2, 0) is 10.0 Å². The Balaban J connectivity index is 2.50. The second-order valence-corrected chi connectivity index (χ2v) is 6.08. The molecule has 1 N–H and O–H groups in total. The smallest absolute Gasteiger partial charge is 0.236 e. The van der Waals surface area contributed by atoms with Crippen LogP contribution in [0.5, 0.6) is 0 Å². The van der Waals surface area contributed by atoms with Crippen molar-refractivity contribution in [3.8, 4) is 0 Å². The fourth-order valence-electron chi connectivity index (χ4n) is 1.99. The molecule has 1 aliphatic heterocycles. The topological polar surface area (TPSA) is 49.4 Å². The highest BCUT2D eigenvalue weighted by molar-refractivity contribution is 7.92. The molecule has 0 amide bonds. The number of rotatable bonds is 1. The van der Waals surface area contributed by atoms with E-state index in [1.807, 2.05) is 0 Å². The Kier molecular flexibility index (Phi) is 3.35. The summed E-state index contributed by atoms with van der Waals surface area (Å²) in [6.45, 7) is 2.69. The van der Waals surface area contributed by atoms with Crippen molar-refractivity contribution in [2.45, 2.75) is 13.0 Å². The van der Waals surface area contributed by atoms with Crippen LogP contribution in [-0.4, -0.2) is 33.3 Å². The van der Waals surface area contributed by atoms with Gasteiger partial charge in [0.05, 0.1) is 17.5 Å². The van der Waals surface area contributed by atoms with Gasteiger partial charge in [0.15, 0.2) is 0 Å². The van der Waals surface area contributed by atoms with E-state index in [1.165, 1.54) is 16.4 Å². The van der Waals surface area contributed by atoms with E-state index in [4.69, 9.17) is 0 Å². The zero-order valence-electron chi connectivity index (χ0n) is 9.56. The van der Waals surface area contributed by atoms with Crippen LogP contribution < -0.4 is 9.62 Å². The fraction of sp³-hybridized carbons (Fsp3) is 0.455. The Morgan fingerprint density at radius 2 is 2.12 bits per heavy atom. The van der Waals surface area contributed by atoms with Gasteiger partial charge in [0.2, 0.25) is 10.0 Å².